The predicted octanol–water partition coefficient (Wildman–Crippen LogP) is 2.12. The molecule has 3 rings (SSSR count). The van der Waals surface area contributed by atoms with Crippen LogP contribution in [0.15, 0.2) is 12.1 Å². The molecule has 0 heterocycles. The van der Waals surface area contributed by atoms with Gasteiger partial charge in [-0.1, -0.05) is 12.1 Å². The molecule has 1 aromatic carbocycles. The molecule has 1 heteroatoms. The summed E-state index contributed by atoms with van der Waals surface area (Å²) in [7, 11) is 0. The number of rotatable bonds is 0. The molecule has 0 aliphatic heterocycles. The quantitative estimate of drug-likeness (QED) is 0.639. The van der Waals surface area contributed by atoms with Crippen LogP contribution in [-0.4, -0.2) is 0 Å². The lowest BCUT2D eigenvalue weighted by Crippen LogP contribution is -2.05. The fraction of sp³-hybridized carbons (Fsp3) is 0.500. The van der Waals surface area contributed by atoms with Crippen molar-refractivity contribution in [3.05, 3.63) is 34.4 Å². The third-order valence-corrected chi connectivity index (χ3v) is 3.54. The third kappa shape index (κ3) is 0.969. The van der Waals surface area contributed by atoms with Crippen molar-refractivity contribution in [3.63, 3.8) is 0 Å². The van der Waals surface area contributed by atoms with Crippen molar-refractivity contribution in [2.45, 2.75) is 38.1 Å². The molecule has 2 aliphatic carbocycles. The second-order valence-electron chi connectivity index (χ2n) is 4.27. The molecule has 0 saturated heterocycles. The molecule has 0 aromatic heterocycles. The molecule has 0 amide bonds. The molecule has 2 N–H and O–H groups in total. The lowest BCUT2D eigenvalue weighted by Gasteiger charge is -2.08. The highest BCUT2D eigenvalue weighted by Crippen LogP contribution is 2.36. The van der Waals surface area contributed by atoms with Gasteiger partial charge < -0.3 is 5.73 Å². The molecular weight excluding hydrogens is 158 g/mol. The van der Waals surface area contributed by atoms with Gasteiger partial charge in [0.25, 0.3) is 0 Å². The number of aryl methyl sites for hydroxylation is 1. The SMILES string of the molecule is N[C@@H]1CCc2c1ccc1c2CCC1. The minimum absolute atomic E-state index is 0.320. The van der Waals surface area contributed by atoms with Crippen LogP contribution >= 0.6 is 0 Å². The average Bonchev–Trinajstić information content (AvgIpc) is 2.70. The fourth-order valence-corrected chi connectivity index (χ4v) is 2.86. The summed E-state index contributed by atoms with van der Waals surface area (Å²) >= 11 is 0. The van der Waals surface area contributed by atoms with Crippen LogP contribution in [0.5, 0.6) is 0 Å². The van der Waals surface area contributed by atoms with Crippen LogP contribution in [-0.2, 0) is 19.3 Å². The van der Waals surface area contributed by atoms with Crippen molar-refractivity contribution in [2.24, 2.45) is 5.73 Å². The molecule has 0 unspecified atom stereocenters. The number of hydrogen-bond acceptors (Lipinski definition) is 1. The fourth-order valence-electron chi connectivity index (χ4n) is 2.86. The molecule has 13 heavy (non-hydrogen) atoms. The predicted molar refractivity (Wildman–Crippen MR) is 53.7 cm³/mol. The molecule has 0 spiro atoms. The summed E-state index contributed by atoms with van der Waals surface area (Å²) in [6, 6.07) is 4.88. The minimum Gasteiger partial charge on any atom is -0.324 e. The van der Waals surface area contributed by atoms with Gasteiger partial charge in [0.1, 0.15) is 0 Å². The Morgan fingerprint density at radius 2 is 2.00 bits per heavy atom. The molecule has 0 saturated carbocycles. The van der Waals surface area contributed by atoms with E-state index in [0.717, 1.165) is 6.42 Å². The summed E-state index contributed by atoms with van der Waals surface area (Å²) < 4.78 is 0. The summed E-state index contributed by atoms with van der Waals surface area (Å²) in [5, 5.41) is 0. The molecule has 1 aromatic rings. The monoisotopic (exact) mass is 173 g/mol. The molecular formula is C12H15N. The number of benzene rings is 1. The average molecular weight is 173 g/mol. The van der Waals surface area contributed by atoms with Crippen molar-refractivity contribution < 1.29 is 0 Å². The van der Waals surface area contributed by atoms with E-state index in [-0.39, 0.29) is 0 Å². The van der Waals surface area contributed by atoms with E-state index in [2.05, 4.69) is 12.1 Å². The van der Waals surface area contributed by atoms with Crippen LogP contribution in [0.2, 0.25) is 0 Å². The highest BCUT2D eigenvalue weighted by atomic mass is 14.6. The molecule has 1 atom stereocenters. The van der Waals surface area contributed by atoms with Crippen LogP contribution < -0.4 is 5.73 Å². The largest absolute Gasteiger partial charge is 0.324 e. The van der Waals surface area contributed by atoms with Gasteiger partial charge >= 0.3 is 0 Å². The Labute approximate surface area is 78.9 Å². The van der Waals surface area contributed by atoms with Gasteiger partial charge in [0.15, 0.2) is 0 Å². The van der Waals surface area contributed by atoms with Crippen molar-refractivity contribution in [2.75, 3.05) is 0 Å². The highest BCUT2D eigenvalue weighted by Gasteiger charge is 2.24. The van der Waals surface area contributed by atoms with E-state index >= 15 is 0 Å². The van der Waals surface area contributed by atoms with Gasteiger partial charge in [-0.2, -0.15) is 0 Å². The minimum atomic E-state index is 0.320. The van der Waals surface area contributed by atoms with E-state index in [1.807, 2.05) is 0 Å². The van der Waals surface area contributed by atoms with Crippen LogP contribution in [0.1, 0.15) is 41.1 Å². The summed E-state index contributed by atoms with van der Waals surface area (Å²) in [6.45, 7) is 0. The summed E-state index contributed by atoms with van der Waals surface area (Å²) in [5.74, 6) is 0. The number of nitrogens with two attached hydrogens (primary N) is 1. The van der Waals surface area contributed by atoms with Crippen molar-refractivity contribution >= 4 is 0 Å². The standard InChI is InChI=1S/C12H15N/c13-12-7-6-10-9-3-1-2-8(9)4-5-11(10)12/h4-5,12H,1-3,6-7,13H2/t12-/m1/s1. The second-order valence-corrected chi connectivity index (χ2v) is 4.27. The first-order chi connectivity index (χ1) is 6.36. The Hall–Kier alpha value is -0.820. The van der Waals surface area contributed by atoms with E-state index in [9.17, 15) is 0 Å². The maximum absolute atomic E-state index is 6.04. The Bertz CT molecular complexity index is 354. The second kappa shape index (κ2) is 2.58. The van der Waals surface area contributed by atoms with E-state index in [1.54, 1.807) is 16.7 Å². The first kappa shape index (κ1) is 7.57. The van der Waals surface area contributed by atoms with E-state index in [0.29, 0.717) is 6.04 Å². The van der Waals surface area contributed by atoms with Crippen LogP contribution in [0, 0.1) is 0 Å². The van der Waals surface area contributed by atoms with Gasteiger partial charge in [-0.15, -0.1) is 0 Å². The zero-order valence-electron chi connectivity index (χ0n) is 7.84. The molecule has 68 valence electrons. The smallest absolute Gasteiger partial charge is 0.0300 e. The van der Waals surface area contributed by atoms with Crippen LogP contribution in [0.3, 0.4) is 0 Å². The van der Waals surface area contributed by atoms with Crippen molar-refractivity contribution in [1.29, 1.82) is 0 Å². The lowest BCUT2D eigenvalue weighted by molar-refractivity contribution is 0.713. The molecule has 0 bridgehead atoms. The number of hydrogen-bond donors (Lipinski definition) is 1. The maximum Gasteiger partial charge on any atom is 0.0300 e. The molecule has 1 nitrogen and oxygen atoms in total. The summed E-state index contributed by atoms with van der Waals surface area (Å²) in [6.07, 6.45) is 6.32. The van der Waals surface area contributed by atoms with E-state index in [4.69, 9.17) is 5.73 Å². The van der Waals surface area contributed by atoms with Gasteiger partial charge in [0.05, 0.1) is 0 Å². The first-order valence-electron chi connectivity index (χ1n) is 5.25. The van der Waals surface area contributed by atoms with Gasteiger partial charge in [0, 0.05) is 6.04 Å². The Morgan fingerprint density at radius 3 is 2.92 bits per heavy atom. The normalized spacial score (nSPS) is 24.5. The lowest BCUT2D eigenvalue weighted by atomic mass is 9.99. The Morgan fingerprint density at radius 1 is 1.08 bits per heavy atom. The summed E-state index contributed by atoms with van der Waals surface area (Å²) in [5.41, 5.74) is 12.3. The van der Waals surface area contributed by atoms with Gasteiger partial charge in [-0.05, 0) is 54.4 Å². The molecule has 0 radical (unpaired) electrons. The first-order valence-corrected chi connectivity index (χ1v) is 5.25. The van der Waals surface area contributed by atoms with Gasteiger partial charge in [0.2, 0.25) is 0 Å². The maximum atomic E-state index is 6.04. The number of fused-ring (bicyclic) bond motifs is 3. The van der Waals surface area contributed by atoms with Gasteiger partial charge in [-0.3, -0.25) is 0 Å². The topological polar surface area (TPSA) is 26.0 Å². The van der Waals surface area contributed by atoms with Crippen molar-refractivity contribution in [3.8, 4) is 0 Å². The van der Waals surface area contributed by atoms with Crippen LogP contribution in [0.25, 0.3) is 0 Å². The van der Waals surface area contributed by atoms with E-state index in [1.165, 1.54) is 31.2 Å². The Balaban J connectivity index is 2.21. The Kier molecular flexibility index (Phi) is 1.50. The van der Waals surface area contributed by atoms with E-state index < -0.39 is 0 Å². The third-order valence-electron chi connectivity index (χ3n) is 3.54. The van der Waals surface area contributed by atoms with Crippen LogP contribution in [0.4, 0.5) is 0 Å². The highest BCUT2D eigenvalue weighted by molar-refractivity contribution is 5.47. The zero-order chi connectivity index (χ0) is 8.84. The molecule has 0 fully saturated rings. The zero-order valence-corrected chi connectivity index (χ0v) is 7.84. The summed E-state index contributed by atoms with van der Waals surface area (Å²) in [4.78, 5) is 0. The molecule has 2 aliphatic rings. The van der Waals surface area contributed by atoms with Gasteiger partial charge in [-0.25, -0.2) is 0 Å². The van der Waals surface area contributed by atoms with Crippen molar-refractivity contribution in [1.82, 2.24) is 0 Å².